The van der Waals surface area contributed by atoms with Gasteiger partial charge in [0, 0.05) is 6.42 Å². The summed E-state index contributed by atoms with van der Waals surface area (Å²) in [5, 5.41) is 22.4. The molecule has 1 aromatic rings. The number of fused-ring (bicyclic) bond motifs is 1. The van der Waals surface area contributed by atoms with Crippen molar-refractivity contribution in [1.82, 2.24) is 0 Å². The Kier molecular flexibility index (Phi) is 5.54. The van der Waals surface area contributed by atoms with Gasteiger partial charge in [-0.1, -0.05) is 0 Å². The number of nitrogens with zero attached hydrogens (tertiary/aromatic N) is 2. The summed E-state index contributed by atoms with van der Waals surface area (Å²) in [7, 11) is 0. The Balaban J connectivity index is 2.05. The number of H-pyrrole nitrogens is 1. The third-order valence-electron chi connectivity index (χ3n) is 5.30. The zero-order valence-electron chi connectivity index (χ0n) is 14.6. The topological polar surface area (TPSA) is 77.9 Å². The Bertz CT molecular complexity index is 619. The van der Waals surface area contributed by atoms with E-state index in [-0.39, 0.29) is 6.61 Å². The molecule has 1 atom stereocenters. The maximum atomic E-state index is 9.83. The van der Waals surface area contributed by atoms with E-state index >= 15 is 0 Å². The molecule has 3 rings (SSSR count). The molecule has 0 bridgehead atoms. The van der Waals surface area contributed by atoms with Crippen LogP contribution in [0.3, 0.4) is 0 Å². The molecule has 2 aliphatic rings. The maximum absolute atomic E-state index is 9.83. The molecule has 1 fully saturated rings. The molecule has 1 aromatic heterocycles. The first-order chi connectivity index (χ1) is 11.8. The summed E-state index contributed by atoms with van der Waals surface area (Å²) >= 11 is 0. The molecule has 0 saturated carbocycles. The number of hydrogen-bond acceptors (Lipinski definition) is 4. The number of pyridine rings is 1. The number of quaternary nitrogens is 1. The minimum Gasteiger partial charge on any atom is -0.393 e. The van der Waals surface area contributed by atoms with Gasteiger partial charge in [-0.15, -0.1) is 0 Å². The van der Waals surface area contributed by atoms with Crippen LogP contribution < -0.4 is 20.1 Å². The van der Waals surface area contributed by atoms with Gasteiger partial charge in [0.2, 0.25) is 11.6 Å². The number of piperidine rings is 1. The molecule has 3 heterocycles. The van der Waals surface area contributed by atoms with Crippen LogP contribution in [0.15, 0.2) is 0 Å². The van der Waals surface area contributed by atoms with Crippen LogP contribution in [0.4, 0.5) is 11.6 Å². The van der Waals surface area contributed by atoms with E-state index in [0.29, 0.717) is 6.54 Å². The molecule has 0 radical (unpaired) electrons. The van der Waals surface area contributed by atoms with Gasteiger partial charge in [-0.2, -0.15) is 5.26 Å². The van der Waals surface area contributed by atoms with Crippen LogP contribution in [0.5, 0.6) is 0 Å². The monoisotopic (exact) mass is 331 g/mol. The van der Waals surface area contributed by atoms with Crippen molar-refractivity contribution < 1.29 is 15.0 Å². The van der Waals surface area contributed by atoms with Crippen LogP contribution in [-0.2, 0) is 13.0 Å². The molecular weight excluding hydrogens is 302 g/mol. The van der Waals surface area contributed by atoms with Crippen LogP contribution in [0.25, 0.3) is 0 Å². The zero-order chi connectivity index (χ0) is 16.9. The highest BCUT2D eigenvalue weighted by molar-refractivity contribution is 5.61. The van der Waals surface area contributed by atoms with Gasteiger partial charge < -0.3 is 15.3 Å². The molecule has 2 aliphatic heterocycles. The Labute approximate surface area is 144 Å². The second-order valence-electron chi connectivity index (χ2n) is 6.77. The largest absolute Gasteiger partial charge is 0.393 e. The fraction of sp³-hybridized carbons (Fsp3) is 0.667. The van der Waals surface area contributed by atoms with Gasteiger partial charge in [-0.05, 0) is 31.7 Å². The predicted molar refractivity (Wildman–Crippen MR) is 93.1 cm³/mol. The standard InChI is InChI=1S/C18H27N5O/c1-2-22-10-6-14-15(12-19)18(23-8-4-3-5-9-23)21-17(16(14)13-22)20-7-11-24/h24H,2-11,13H2,1H3,(H,20,21)/p+2. The molecule has 6 nitrogen and oxygen atoms in total. The normalized spacial score (nSPS) is 20.4. The third-order valence-corrected chi connectivity index (χ3v) is 5.30. The van der Waals surface area contributed by atoms with E-state index in [1.54, 1.807) is 0 Å². The van der Waals surface area contributed by atoms with E-state index in [9.17, 15) is 10.4 Å². The highest BCUT2D eigenvalue weighted by atomic mass is 16.3. The van der Waals surface area contributed by atoms with Gasteiger partial charge in [0.05, 0.1) is 44.9 Å². The lowest BCUT2D eigenvalue weighted by Crippen LogP contribution is -3.11. The van der Waals surface area contributed by atoms with Gasteiger partial charge >= 0.3 is 0 Å². The van der Waals surface area contributed by atoms with E-state index in [4.69, 9.17) is 0 Å². The average molecular weight is 331 g/mol. The number of nitriles is 1. The Hall–Kier alpha value is -1.84. The first kappa shape index (κ1) is 17.0. The molecule has 0 aliphatic carbocycles. The van der Waals surface area contributed by atoms with Crippen LogP contribution in [-0.4, -0.2) is 44.4 Å². The zero-order valence-corrected chi connectivity index (χ0v) is 14.6. The van der Waals surface area contributed by atoms with Gasteiger partial charge in [0.1, 0.15) is 18.2 Å². The number of aliphatic hydroxyl groups excluding tert-OH is 1. The molecule has 1 saturated heterocycles. The number of aliphatic hydroxyl groups is 1. The summed E-state index contributed by atoms with van der Waals surface area (Å²) in [6.07, 6.45) is 4.59. The number of anilines is 2. The summed E-state index contributed by atoms with van der Waals surface area (Å²) in [5.74, 6) is 1.96. The lowest BCUT2D eigenvalue weighted by Gasteiger charge is -2.29. The Morgan fingerprint density at radius 1 is 1.29 bits per heavy atom. The number of hydrogen-bond donors (Lipinski definition) is 3. The molecular formula is C18H29N5O+2. The summed E-state index contributed by atoms with van der Waals surface area (Å²) in [5.41, 5.74) is 3.26. The molecule has 0 spiro atoms. The Morgan fingerprint density at radius 2 is 2.08 bits per heavy atom. The van der Waals surface area contributed by atoms with E-state index in [1.165, 1.54) is 35.3 Å². The molecule has 24 heavy (non-hydrogen) atoms. The smallest absolute Gasteiger partial charge is 0.240 e. The highest BCUT2D eigenvalue weighted by Crippen LogP contribution is 2.28. The van der Waals surface area contributed by atoms with Crippen molar-refractivity contribution in [3.63, 3.8) is 0 Å². The van der Waals surface area contributed by atoms with Crippen molar-refractivity contribution in [2.75, 3.05) is 49.5 Å². The predicted octanol–water partition coefficient (Wildman–Crippen LogP) is -0.272. The van der Waals surface area contributed by atoms with E-state index in [0.717, 1.165) is 56.3 Å². The summed E-state index contributed by atoms with van der Waals surface area (Å²) in [6.45, 7) is 7.96. The van der Waals surface area contributed by atoms with Crippen LogP contribution in [0.2, 0.25) is 0 Å². The maximum Gasteiger partial charge on any atom is 0.240 e. The minimum atomic E-state index is 0.103. The highest BCUT2D eigenvalue weighted by Gasteiger charge is 2.32. The van der Waals surface area contributed by atoms with Gasteiger partial charge in [0.25, 0.3) is 0 Å². The summed E-state index contributed by atoms with van der Waals surface area (Å²) in [6, 6.07) is 2.48. The lowest BCUT2D eigenvalue weighted by molar-refractivity contribution is -0.914. The van der Waals surface area contributed by atoms with Crippen LogP contribution in [0.1, 0.15) is 42.9 Å². The number of nitrogens with one attached hydrogen (secondary N) is 3. The molecule has 1 unspecified atom stereocenters. The van der Waals surface area contributed by atoms with Crippen molar-refractivity contribution in [3.05, 3.63) is 16.7 Å². The molecule has 130 valence electrons. The average Bonchev–Trinajstić information content (AvgIpc) is 2.65. The SMILES string of the molecule is CC[NH+]1CCc2c(C#N)c(N3CCCCC3)[nH+]c(NCCO)c2C1. The van der Waals surface area contributed by atoms with Gasteiger partial charge in [-0.3, -0.25) is 4.90 Å². The Morgan fingerprint density at radius 3 is 2.75 bits per heavy atom. The van der Waals surface area contributed by atoms with Crippen molar-refractivity contribution in [2.24, 2.45) is 0 Å². The van der Waals surface area contributed by atoms with Crippen molar-refractivity contribution in [1.29, 1.82) is 5.26 Å². The van der Waals surface area contributed by atoms with Crippen molar-refractivity contribution >= 4 is 11.6 Å². The number of aromatic nitrogens is 1. The third kappa shape index (κ3) is 3.33. The molecule has 6 heteroatoms. The lowest BCUT2D eigenvalue weighted by atomic mass is 9.95. The van der Waals surface area contributed by atoms with E-state index < -0.39 is 0 Å². The van der Waals surface area contributed by atoms with E-state index in [1.807, 2.05) is 0 Å². The van der Waals surface area contributed by atoms with Crippen LogP contribution >= 0.6 is 0 Å². The summed E-state index contributed by atoms with van der Waals surface area (Å²) < 4.78 is 0. The van der Waals surface area contributed by atoms with Crippen molar-refractivity contribution in [3.8, 4) is 6.07 Å². The second-order valence-corrected chi connectivity index (χ2v) is 6.77. The number of aromatic amines is 1. The fourth-order valence-corrected chi connectivity index (χ4v) is 3.92. The first-order valence-corrected chi connectivity index (χ1v) is 9.22. The second kappa shape index (κ2) is 7.82. The molecule has 4 N–H and O–H groups in total. The fourth-order valence-electron chi connectivity index (χ4n) is 3.92. The van der Waals surface area contributed by atoms with E-state index in [2.05, 4.69) is 28.2 Å². The molecule has 0 amide bonds. The van der Waals surface area contributed by atoms with Gasteiger partial charge in [0.15, 0.2) is 0 Å². The quantitative estimate of drug-likeness (QED) is 0.694. The van der Waals surface area contributed by atoms with Crippen molar-refractivity contribution in [2.45, 2.75) is 39.2 Å². The summed E-state index contributed by atoms with van der Waals surface area (Å²) in [4.78, 5) is 7.37. The number of likely N-dealkylation sites (N-methyl/N-ethyl adjacent to an activating group) is 1. The first-order valence-electron chi connectivity index (χ1n) is 9.22. The van der Waals surface area contributed by atoms with Gasteiger partial charge in [-0.25, -0.2) is 4.98 Å². The molecule has 0 aromatic carbocycles. The van der Waals surface area contributed by atoms with Crippen LogP contribution in [0, 0.1) is 11.3 Å². The minimum absolute atomic E-state index is 0.103. The number of rotatable bonds is 5.